The topological polar surface area (TPSA) is 35.5 Å². The molecule has 0 heterocycles. The fourth-order valence-electron chi connectivity index (χ4n) is 1.13. The molecule has 0 aromatic heterocycles. The van der Waals surface area contributed by atoms with Crippen LogP contribution in [0.15, 0.2) is 0 Å². The lowest BCUT2D eigenvalue weighted by atomic mass is 10.5. The largest absolute Gasteiger partial charge is 0.330 e. The van der Waals surface area contributed by atoms with Gasteiger partial charge in [-0.05, 0) is 0 Å². The highest BCUT2D eigenvalue weighted by Crippen LogP contribution is 2.47. The van der Waals surface area contributed by atoms with E-state index in [2.05, 4.69) is 42.3 Å². The maximum atomic E-state index is 12.3. The van der Waals surface area contributed by atoms with Crippen molar-refractivity contribution in [2.45, 2.75) is 6.92 Å². The molecule has 0 rings (SSSR count). The second-order valence-electron chi connectivity index (χ2n) is 6.62. The lowest BCUT2D eigenvalue weighted by Crippen LogP contribution is -2.38. The van der Waals surface area contributed by atoms with Crippen LogP contribution in [0.25, 0.3) is 0 Å². The Morgan fingerprint density at radius 1 is 0.833 bits per heavy atom. The summed E-state index contributed by atoms with van der Waals surface area (Å²) in [5.41, 5.74) is 0. The van der Waals surface area contributed by atoms with Crippen molar-refractivity contribution >= 4 is 7.60 Å². The van der Waals surface area contributed by atoms with E-state index in [1.165, 1.54) is 0 Å². The second-order valence-corrected chi connectivity index (χ2v) is 8.99. The van der Waals surface area contributed by atoms with Gasteiger partial charge in [0.15, 0.2) is 0 Å². The van der Waals surface area contributed by atoms with Crippen LogP contribution in [0.1, 0.15) is 6.92 Å². The molecule has 0 amide bonds. The minimum Gasteiger partial charge on any atom is -0.329 e. The Morgan fingerprint density at radius 3 is 1.39 bits per heavy atom. The minimum absolute atomic E-state index is 0.432. The molecule has 0 aliphatic rings. The first-order valence-corrected chi connectivity index (χ1v) is 8.19. The average Bonchev–Trinajstić information content (AvgIpc) is 2.13. The van der Waals surface area contributed by atoms with E-state index in [0.717, 1.165) is 22.1 Å². The summed E-state index contributed by atoms with van der Waals surface area (Å²) in [6, 6.07) is 0. The molecule has 0 radical (unpaired) electrons. The van der Waals surface area contributed by atoms with Crippen molar-refractivity contribution in [3.63, 3.8) is 0 Å². The maximum absolute atomic E-state index is 12.3. The number of hydrogen-bond acceptors (Lipinski definition) is 3. The van der Waals surface area contributed by atoms with E-state index in [4.69, 9.17) is 9.05 Å². The summed E-state index contributed by atoms with van der Waals surface area (Å²) in [5.74, 6) is 0. The predicted molar refractivity (Wildman–Crippen MR) is 75.9 cm³/mol. The second kappa shape index (κ2) is 7.01. The van der Waals surface area contributed by atoms with Crippen LogP contribution >= 0.6 is 7.60 Å². The zero-order valence-corrected chi connectivity index (χ0v) is 14.0. The quantitative estimate of drug-likeness (QED) is 0.476. The van der Waals surface area contributed by atoms with Crippen LogP contribution in [-0.2, 0) is 13.6 Å². The molecule has 0 bridgehead atoms. The molecule has 0 aliphatic carbocycles. The molecule has 6 heteroatoms. The van der Waals surface area contributed by atoms with Gasteiger partial charge >= 0.3 is 7.60 Å². The van der Waals surface area contributed by atoms with Crippen LogP contribution in [0.2, 0.25) is 0 Å². The van der Waals surface area contributed by atoms with Crippen LogP contribution < -0.4 is 0 Å². The number of quaternary nitrogens is 2. The lowest BCUT2D eigenvalue weighted by molar-refractivity contribution is -0.870. The zero-order chi connectivity index (χ0) is 14.4. The third-order valence-electron chi connectivity index (χ3n) is 2.49. The fraction of sp³-hybridized carbons (Fsp3) is 1.00. The Morgan fingerprint density at radius 2 is 1.17 bits per heavy atom. The summed E-state index contributed by atoms with van der Waals surface area (Å²) in [6.07, 6.45) is 0.432. The summed E-state index contributed by atoms with van der Waals surface area (Å²) < 4.78 is 24.8. The summed E-state index contributed by atoms with van der Waals surface area (Å²) in [5, 5.41) is 0. The smallest absolute Gasteiger partial charge is 0.329 e. The molecule has 0 fully saturated rings. The van der Waals surface area contributed by atoms with Crippen molar-refractivity contribution in [3.05, 3.63) is 0 Å². The average molecular weight is 282 g/mol. The summed E-state index contributed by atoms with van der Waals surface area (Å²) >= 11 is 0. The standard InChI is InChI=1S/C12H31N2O3P/c1-8-18(15,16-11-9-13(2,3)4)17-12-10-14(5,6)7/h8-12H2,1-7H3/q+2. The van der Waals surface area contributed by atoms with Gasteiger partial charge in [0.2, 0.25) is 0 Å². The Kier molecular flexibility index (Phi) is 7.04. The third kappa shape index (κ3) is 10.0. The first kappa shape index (κ1) is 18.1. The molecule has 0 aliphatic heterocycles. The van der Waals surface area contributed by atoms with Crippen LogP contribution in [0.5, 0.6) is 0 Å². The zero-order valence-electron chi connectivity index (χ0n) is 13.1. The van der Waals surface area contributed by atoms with Gasteiger partial charge in [-0.2, -0.15) is 0 Å². The van der Waals surface area contributed by atoms with Crippen LogP contribution in [-0.4, -0.2) is 83.7 Å². The molecule has 5 nitrogen and oxygen atoms in total. The molecule has 0 aromatic carbocycles. The first-order chi connectivity index (χ1) is 7.97. The number of likely N-dealkylation sites (N-methyl/N-ethyl adjacent to an activating group) is 2. The number of nitrogens with zero attached hydrogens (tertiary/aromatic N) is 2. The molecular formula is C12H31N2O3P+2. The normalized spacial score (nSPS) is 13.9. The first-order valence-electron chi connectivity index (χ1n) is 6.46. The molecular weight excluding hydrogens is 251 g/mol. The van der Waals surface area contributed by atoms with E-state index < -0.39 is 7.60 Å². The van der Waals surface area contributed by atoms with Gasteiger partial charge in [-0.25, -0.2) is 0 Å². The molecule has 110 valence electrons. The highest BCUT2D eigenvalue weighted by molar-refractivity contribution is 7.53. The molecule has 0 N–H and O–H groups in total. The summed E-state index contributed by atoms with van der Waals surface area (Å²) in [4.78, 5) is 0. The van der Waals surface area contributed by atoms with Gasteiger partial charge in [0.1, 0.15) is 26.3 Å². The summed E-state index contributed by atoms with van der Waals surface area (Å²) in [6.45, 7) is 4.43. The highest BCUT2D eigenvalue weighted by Gasteiger charge is 2.24. The van der Waals surface area contributed by atoms with Gasteiger partial charge in [0.25, 0.3) is 0 Å². The highest BCUT2D eigenvalue weighted by atomic mass is 31.2. The molecule has 18 heavy (non-hydrogen) atoms. The monoisotopic (exact) mass is 282 g/mol. The Bertz CT molecular complexity index is 258. The van der Waals surface area contributed by atoms with E-state index in [0.29, 0.717) is 19.4 Å². The van der Waals surface area contributed by atoms with Crippen LogP contribution in [0, 0.1) is 0 Å². The van der Waals surface area contributed by atoms with Crippen molar-refractivity contribution in [2.75, 3.05) is 74.8 Å². The molecule has 0 saturated carbocycles. The molecule has 0 saturated heterocycles. The van der Waals surface area contributed by atoms with Gasteiger partial charge in [-0.1, -0.05) is 6.92 Å². The molecule has 0 unspecified atom stereocenters. The van der Waals surface area contributed by atoms with E-state index in [-0.39, 0.29) is 0 Å². The van der Waals surface area contributed by atoms with Crippen molar-refractivity contribution in [1.29, 1.82) is 0 Å². The minimum atomic E-state index is -2.89. The van der Waals surface area contributed by atoms with E-state index >= 15 is 0 Å². The van der Waals surface area contributed by atoms with Gasteiger partial charge in [0, 0.05) is 6.16 Å². The van der Waals surface area contributed by atoms with Gasteiger partial charge < -0.3 is 18.0 Å². The van der Waals surface area contributed by atoms with Crippen LogP contribution in [0.4, 0.5) is 0 Å². The van der Waals surface area contributed by atoms with Gasteiger partial charge in [0.05, 0.1) is 42.3 Å². The molecule has 0 atom stereocenters. The van der Waals surface area contributed by atoms with E-state index in [1.54, 1.807) is 0 Å². The Labute approximate surface area is 112 Å². The van der Waals surface area contributed by atoms with E-state index in [9.17, 15) is 4.57 Å². The Balaban J connectivity index is 4.08. The lowest BCUT2D eigenvalue weighted by Gasteiger charge is -2.26. The SMILES string of the molecule is CCP(=O)(OCC[N+](C)(C)C)OCC[N+](C)(C)C. The van der Waals surface area contributed by atoms with Crippen molar-refractivity contribution in [2.24, 2.45) is 0 Å². The summed E-state index contributed by atoms with van der Waals surface area (Å²) in [7, 11) is 9.60. The molecule has 0 spiro atoms. The van der Waals surface area contributed by atoms with E-state index in [1.807, 2.05) is 6.92 Å². The predicted octanol–water partition coefficient (Wildman–Crippen LogP) is 1.65. The van der Waals surface area contributed by atoms with Gasteiger partial charge in [-0.15, -0.1) is 0 Å². The van der Waals surface area contributed by atoms with Gasteiger partial charge in [-0.3, -0.25) is 4.57 Å². The maximum Gasteiger partial charge on any atom is 0.330 e. The molecule has 0 aromatic rings. The fourth-order valence-corrected chi connectivity index (χ4v) is 2.29. The number of rotatable bonds is 9. The third-order valence-corrected chi connectivity index (χ3v) is 4.41. The van der Waals surface area contributed by atoms with Crippen molar-refractivity contribution < 1.29 is 22.6 Å². The van der Waals surface area contributed by atoms with Crippen molar-refractivity contribution in [3.8, 4) is 0 Å². The number of hydrogen-bond donors (Lipinski definition) is 0. The van der Waals surface area contributed by atoms with Crippen LogP contribution in [0.3, 0.4) is 0 Å². The Hall–Kier alpha value is 0.0700. The van der Waals surface area contributed by atoms with Crippen molar-refractivity contribution in [1.82, 2.24) is 0 Å².